The van der Waals surface area contributed by atoms with Gasteiger partial charge in [-0.2, -0.15) is 0 Å². The van der Waals surface area contributed by atoms with Crippen LogP contribution in [0.4, 0.5) is 0 Å². The quantitative estimate of drug-likeness (QED) is 0.772. The van der Waals surface area contributed by atoms with Gasteiger partial charge in [0.25, 0.3) is 0 Å². The average molecular weight is 418 g/mol. The first-order valence-corrected chi connectivity index (χ1v) is 11.1. The summed E-state index contributed by atoms with van der Waals surface area (Å²) in [5.41, 5.74) is 3.98. The molecule has 0 bridgehead atoms. The molecule has 0 aliphatic carbocycles. The van der Waals surface area contributed by atoms with Crippen LogP contribution >= 0.6 is 11.8 Å². The minimum absolute atomic E-state index is 0.0797. The maximum Gasteiger partial charge on any atom is 0.243 e. The molecule has 1 aromatic rings. The Hall–Kier alpha value is -1.86. The van der Waals surface area contributed by atoms with Crippen molar-refractivity contribution < 1.29 is 14.7 Å². The molecular weight excluding hydrogens is 386 g/mol. The number of hydrogen-bond acceptors (Lipinski definition) is 5. The van der Waals surface area contributed by atoms with Crippen LogP contribution in [-0.2, 0) is 16.1 Å². The van der Waals surface area contributed by atoms with E-state index in [9.17, 15) is 14.7 Å². The number of likely N-dealkylation sites (tertiary alicyclic amines) is 1. The van der Waals surface area contributed by atoms with E-state index >= 15 is 0 Å². The van der Waals surface area contributed by atoms with Gasteiger partial charge in [0.1, 0.15) is 6.04 Å². The van der Waals surface area contributed by atoms with Crippen molar-refractivity contribution in [2.24, 2.45) is 10.4 Å². The first kappa shape index (κ1) is 21.8. The summed E-state index contributed by atoms with van der Waals surface area (Å²) in [6.07, 6.45) is -0.00828. The van der Waals surface area contributed by atoms with Crippen molar-refractivity contribution in [3.63, 3.8) is 0 Å². The molecule has 3 rings (SSSR count). The second-order valence-electron chi connectivity index (χ2n) is 9.20. The van der Waals surface area contributed by atoms with E-state index in [1.165, 1.54) is 10.5 Å². The molecule has 0 saturated carbocycles. The molecule has 0 radical (unpaired) electrons. The Bertz CT molecular complexity index is 773. The highest BCUT2D eigenvalue weighted by Crippen LogP contribution is 2.36. The molecule has 6 nitrogen and oxygen atoms in total. The number of aliphatic hydroxyl groups is 1. The number of aliphatic hydroxyl groups excluding tert-OH is 1. The van der Waals surface area contributed by atoms with Gasteiger partial charge in [0.2, 0.25) is 11.8 Å². The monoisotopic (exact) mass is 417 g/mol. The van der Waals surface area contributed by atoms with Crippen LogP contribution in [-0.4, -0.2) is 52.1 Å². The van der Waals surface area contributed by atoms with Crippen LogP contribution in [0.1, 0.15) is 56.9 Å². The fraction of sp³-hybridized carbons (Fsp3) is 0.591. The number of amides is 2. The Morgan fingerprint density at radius 2 is 1.97 bits per heavy atom. The molecular formula is C22H31N3O3S. The molecule has 1 aromatic carbocycles. The Morgan fingerprint density at radius 3 is 2.55 bits per heavy atom. The highest BCUT2D eigenvalue weighted by molar-refractivity contribution is 8.12. The molecule has 0 spiro atoms. The Labute approximate surface area is 177 Å². The topological polar surface area (TPSA) is 82.0 Å². The predicted molar refractivity (Wildman–Crippen MR) is 117 cm³/mol. The number of thioether (sulfide) groups is 1. The average Bonchev–Trinajstić information content (AvgIpc) is 3.24. The lowest BCUT2D eigenvalue weighted by atomic mass is 9.91. The summed E-state index contributed by atoms with van der Waals surface area (Å²) in [7, 11) is 0. The summed E-state index contributed by atoms with van der Waals surface area (Å²) in [6, 6.07) is 7.88. The SMILES string of the molecule is CC1N=CSC1c1ccc(CNC(=O)C2CC(O)CN2C(=O)CC(C)(C)C)cc1. The number of aliphatic imine (C=N–C) groups is 1. The van der Waals surface area contributed by atoms with Gasteiger partial charge >= 0.3 is 0 Å². The standard InChI is InChI=1S/C22H31N3O3S/c1-14-20(29-13-24-14)16-7-5-15(6-8-16)11-23-21(28)18-9-17(26)12-25(18)19(27)10-22(2,3)4/h5-8,13-14,17-18,20,26H,9-12H2,1-4H3,(H,23,28). The smallest absolute Gasteiger partial charge is 0.243 e. The Balaban J connectivity index is 1.57. The summed E-state index contributed by atoms with van der Waals surface area (Å²) in [5.74, 6) is -0.287. The lowest BCUT2D eigenvalue weighted by Gasteiger charge is -2.27. The molecule has 2 amide bonds. The van der Waals surface area contributed by atoms with Crippen LogP contribution in [0.5, 0.6) is 0 Å². The third-order valence-electron chi connectivity index (χ3n) is 5.30. The van der Waals surface area contributed by atoms with Crippen molar-refractivity contribution >= 4 is 29.1 Å². The lowest BCUT2D eigenvalue weighted by Crippen LogP contribution is -2.46. The van der Waals surface area contributed by atoms with Gasteiger partial charge in [0.05, 0.1) is 22.9 Å². The fourth-order valence-corrected chi connectivity index (χ4v) is 4.78. The van der Waals surface area contributed by atoms with Crippen molar-refractivity contribution in [2.75, 3.05) is 6.54 Å². The van der Waals surface area contributed by atoms with Crippen molar-refractivity contribution in [1.82, 2.24) is 10.2 Å². The van der Waals surface area contributed by atoms with Crippen LogP contribution in [0.15, 0.2) is 29.3 Å². The zero-order valence-corrected chi connectivity index (χ0v) is 18.4. The third-order valence-corrected chi connectivity index (χ3v) is 6.50. The van der Waals surface area contributed by atoms with Gasteiger partial charge < -0.3 is 15.3 Å². The Morgan fingerprint density at radius 1 is 1.28 bits per heavy atom. The van der Waals surface area contributed by atoms with Crippen LogP contribution in [0.2, 0.25) is 0 Å². The van der Waals surface area contributed by atoms with Crippen LogP contribution in [0, 0.1) is 5.41 Å². The summed E-state index contributed by atoms with van der Waals surface area (Å²) < 4.78 is 0. The largest absolute Gasteiger partial charge is 0.391 e. The summed E-state index contributed by atoms with van der Waals surface area (Å²) in [5, 5.41) is 13.3. The number of carbonyl (C=O) groups excluding carboxylic acids is 2. The molecule has 0 aromatic heterocycles. The number of rotatable bonds is 5. The molecule has 2 aliphatic heterocycles. The summed E-state index contributed by atoms with van der Waals surface area (Å²) >= 11 is 1.73. The first-order valence-electron chi connectivity index (χ1n) is 10.2. The van der Waals surface area contributed by atoms with E-state index in [-0.39, 0.29) is 36.2 Å². The number of carbonyl (C=O) groups is 2. The normalized spacial score (nSPS) is 26.7. The van der Waals surface area contributed by atoms with Crippen molar-refractivity contribution in [1.29, 1.82) is 0 Å². The van der Waals surface area contributed by atoms with E-state index in [0.717, 1.165) is 5.56 Å². The van der Waals surface area contributed by atoms with Gasteiger partial charge in [0, 0.05) is 25.9 Å². The van der Waals surface area contributed by atoms with Gasteiger partial charge in [-0.1, -0.05) is 45.0 Å². The van der Waals surface area contributed by atoms with Gasteiger partial charge in [-0.3, -0.25) is 14.6 Å². The minimum atomic E-state index is -0.651. The highest BCUT2D eigenvalue weighted by Gasteiger charge is 2.39. The summed E-state index contributed by atoms with van der Waals surface area (Å²) in [4.78, 5) is 31.3. The van der Waals surface area contributed by atoms with E-state index in [1.807, 2.05) is 38.5 Å². The Kier molecular flexibility index (Phi) is 6.69. The molecule has 2 aliphatic rings. The second-order valence-corrected chi connectivity index (χ2v) is 10.2. The summed E-state index contributed by atoms with van der Waals surface area (Å²) in [6.45, 7) is 8.71. The van der Waals surface area contributed by atoms with E-state index in [0.29, 0.717) is 18.2 Å². The minimum Gasteiger partial charge on any atom is -0.391 e. The molecule has 7 heteroatoms. The van der Waals surface area contributed by atoms with E-state index in [2.05, 4.69) is 29.4 Å². The lowest BCUT2D eigenvalue weighted by molar-refractivity contribution is -0.140. The number of hydrogen-bond donors (Lipinski definition) is 2. The van der Waals surface area contributed by atoms with Crippen LogP contribution in [0.25, 0.3) is 0 Å². The van der Waals surface area contributed by atoms with E-state index < -0.39 is 12.1 Å². The first-order chi connectivity index (χ1) is 13.6. The van der Waals surface area contributed by atoms with Gasteiger partial charge in [-0.05, 0) is 23.5 Å². The van der Waals surface area contributed by atoms with Gasteiger partial charge in [0.15, 0.2) is 0 Å². The maximum atomic E-state index is 12.7. The highest BCUT2D eigenvalue weighted by atomic mass is 32.2. The number of nitrogens with zero attached hydrogens (tertiary/aromatic N) is 2. The third kappa shape index (κ3) is 5.60. The van der Waals surface area contributed by atoms with Crippen LogP contribution < -0.4 is 5.32 Å². The number of benzene rings is 1. The molecule has 4 atom stereocenters. The maximum absolute atomic E-state index is 12.7. The van der Waals surface area contributed by atoms with E-state index in [4.69, 9.17) is 0 Å². The molecule has 29 heavy (non-hydrogen) atoms. The molecule has 1 fully saturated rings. The van der Waals surface area contributed by atoms with Gasteiger partial charge in [-0.15, -0.1) is 11.8 Å². The second kappa shape index (κ2) is 8.88. The molecule has 2 N–H and O–H groups in total. The predicted octanol–water partition coefficient (Wildman–Crippen LogP) is 2.91. The number of β-amino-alcohol motifs (C(OH)–C–C–N with tert-alkyl or cyclic N) is 1. The number of nitrogens with one attached hydrogen (secondary N) is 1. The fourth-order valence-electron chi connectivity index (χ4n) is 3.77. The zero-order chi connectivity index (χ0) is 21.2. The van der Waals surface area contributed by atoms with Gasteiger partial charge in [-0.25, -0.2) is 0 Å². The van der Waals surface area contributed by atoms with Crippen LogP contribution in [0.3, 0.4) is 0 Å². The van der Waals surface area contributed by atoms with Crippen molar-refractivity contribution in [3.8, 4) is 0 Å². The van der Waals surface area contributed by atoms with Crippen molar-refractivity contribution in [2.45, 2.75) is 70.5 Å². The molecule has 1 saturated heterocycles. The molecule has 4 unspecified atom stereocenters. The zero-order valence-electron chi connectivity index (χ0n) is 17.6. The van der Waals surface area contributed by atoms with E-state index in [1.54, 1.807) is 11.8 Å². The molecule has 2 heterocycles. The molecule has 158 valence electrons. The van der Waals surface area contributed by atoms with Crippen molar-refractivity contribution in [3.05, 3.63) is 35.4 Å².